The number of hydrogen-bond donors (Lipinski definition) is 3. The summed E-state index contributed by atoms with van der Waals surface area (Å²) in [5.41, 5.74) is 1.16. The molecule has 1 saturated heterocycles. The Bertz CT molecular complexity index is 578. The first kappa shape index (κ1) is 17.8. The molecule has 0 unspecified atom stereocenters. The van der Waals surface area contributed by atoms with Crippen molar-refractivity contribution in [3.63, 3.8) is 0 Å². The minimum absolute atomic E-state index is 0.0226. The Morgan fingerprint density at radius 1 is 1.00 bits per heavy atom. The predicted octanol–water partition coefficient (Wildman–Crippen LogP) is 2.30. The van der Waals surface area contributed by atoms with Crippen molar-refractivity contribution in [1.82, 2.24) is 10.2 Å². The second-order valence-corrected chi connectivity index (χ2v) is 5.81. The van der Waals surface area contributed by atoms with E-state index in [0.717, 1.165) is 25.9 Å². The number of urea groups is 1. The van der Waals surface area contributed by atoms with Crippen molar-refractivity contribution in [2.75, 3.05) is 25.0 Å². The lowest BCUT2D eigenvalue weighted by Crippen LogP contribution is -2.32. The number of hydrogen-bond acceptors (Lipinski definition) is 3. The maximum absolute atomic E-state index is 12.5. The monoisotopic (exact) mass is 333 g/mol. The number of amides is 3. The summed E-state index contributed by atoms with van der Waals surface area (Å²) in [6, 6.07) is 6.26. The molecule has 1 fully saturated rings. The van der Waals surface area contributed by atoms with E-state index in [2.05, 4.69) is 10.6 Å². The molecular weight excluding hydrogens is 310 g/mol. The summed E-state index contributed by atoms with van der Waals surface area (Å²) in [5, 5.41) is 13.6. The van der Waals surface area contributed by atoms with Gasteiger partial charge in [0.1, 0.15) is 0 Å². The third-order valence-corrected chi connectivity index (χ3v) is 3.91. The van der Waals surface area contributed by atoms with Gasteiger partial charge in [-0.2, -0.15) is 0 Å². The second kappa shape index (κ2) is 8.90. The van der Waals surface area contributed by atoms with Crippen LogP contribution in [0.5, 0.6) is 0 Å². The molecule has 1 aliphatic rings. The van der Waals surface area contributed by atoms with E-state index in [1.54, 1.807) is 24.3 Å². The fourth-order valence-corrected chi connectivity index (χ4v) is 2.61. The number of carboxylic acids is 1. The lowest BCUT2D eigenvalue weighted by Gasteiger charge is -2.20. The van der Waals surface area contributed by atoms with Gasteiger partial charge in [0.2, 0.25) is 0 Å². The zero-order valence-electron chi connectivity index (χ0n) is 13.6. The van der Waals surface area contributed by atoms with E-state index in [4.69, 9.17) is 5.11 Å². The van der Waals surface area contributed by atoms with Gasteiger partial charge in [-0.3, -0.25) is 9.59 Å². The van der Waals surface area contributed by atoms with Crippen molar-refractivity contribution in [2.24, 2.45) is 0 Å². The van der Waals surface area contributed by atoms with E-state index >= 15 is 0 Å². The zero-order valence-corrected chi connectivity index (χ0v) is 13.6. The molecule has 2 rings (SSSR count). The Morgan fingerprint density at radius 2 is 1.62 bits per heavy atom. The van der Waals surface area contributed by atoms with Crippen molar-refractivity contribution >= 4 is 23.6 Å². The van der Waals surface area contributed by atoms with Gasteiger partial charge in [-0.1, -0.05) is 12.8 Å². The van der Waals surface area contributed by atoms with E-state index in [0.29, 0.717) is 11.3 Å². The first-order valence-electron chi connectivity index (χ1n) is 8.22. The smallest absolute Gasteiger partial charge is 0.319 e. The predicted molar refractivity (Wildman–Crippen MR) is 90.1 cm³/mol. The minimum atomic E-state index is -0.966. The van der Waals surface area contributed by atoms with E-state index in [1.807, 2.05) is 4.90 Å². The Labute approximate surface area is 141 Å². The number of anilines is 1. The lowest BCUT2D eigenvalue weighted by atomic mass is 10.1. The van der Waals surface area contributed by atoms with Gasteiger partial charge in [0.15, 0.2) is 0 Å². The summed E-state index contributed by atoms with van der Waals surface area (Å²) >= 11 is 0. The number of carboxylic acid groups (broad SMARTS) is 1. The maximum atomic E-state index is 12.5. The third-order valence-electron chi connectivity index (χ3n) is 3.91. The van der Waals surface area contributed by atoms with Crippen molar-refractivity contribution in [2.45, 2.75) is 32.1 Å². The standard InChI is InChI=1S/C17H23N3O4/c21-15(22)9-10-18-17(24)19-14-7-5-13(6-8-14)16(23)20-11-3-1-2-4-12-20/h5-8H,1-4,9-12H2,(H,21,22)(H2,18,19,24). The van der Waals surface area contributed by atoms with Crippen LogP contribution in [0.2, 0.25) is 0 Å². The number of carbonyl (C=O) groups is 3. The number of aliphatic carboxylic acids is 1. The molecule has 0 aromatic heterocycles. The number of nitrogens with one attached hydrogen (secondary N) is 2. The molecule has 0 spiro atoms. The van der Waals surface area contributed by atoms with Gasteiger partial charge in [0, 0.05) is 30.9 Å². The Hall–Kier alpha value is -2.57. The maximum Gasteiger partial charge on any atom is 0.319 e. The molecule has 1 heterocycles. The Kier molecular flexibility index (Phi) is 6.60. The zero-order chi connectivity index (χ0) is 17.4. The number of nitrogens with zero attached hydrogens (tertiary/aromatic N) is 1. The number of benzene rings is 1. The molecule has 7 heteroatoms. The highest BCUT2D eigenvalue weighted by atomic mass is 16.4. The topological polar surface area (TPSA) is 98.7 Å². The van der Waals surface area contributed by atoms with Gasteiger partial charge in [0.25, 0.3) is 5.91 Å². The molecule has 7 nitrogen and oxygen atoms in total. The van der Waals surface area contributed by atoms with Crippen molar-refractivity contribution in [1.29, 1.82) is 0 Å². The molecular formula is C17H23N3O4. The van der Waals surface area contributed by atoms with Crippen LogP contribution in [-0.4, -0.2) is 47.5 Å². The van der Waals surface area contributed by atoms with Gasteiger partial charge in [-0.15, -0.1) is 0 Å². The van der Waals surface area contributed by atoms with Crippen LogP contribution >= 0.6 is 0 Å². The molecule has 130 valence electrons. The highest BCUT2D eigenvalue weighted by Gasteiger charge is 2.17. The quantitative estimate of drug-likeness (QED) is 0.770. The van der Waals surface area contributed by atoms with E-state index in [1.165, 1.54) is 12.8 Å². The summed E-state index contributed by atoms with van der Waals surface area (Å²) < 4.78 is 0. The highest BCUT2D eigenvalue weighted by Crippen LogP contribution is 2.15. The second-order valence-electron chi connectivity index (χ2n) is 5.81. The molecule has 3 N–H and O–H groups in total. The highest BCUT2D eigenvalue weighted by molar-refractivity contribution is 5.95. The van der Waals surface area contributed by atoms with Crippen LogP contribution in [-0.2, 0) is 4.79 Å². The van der Waals surface area contributed by atoms with Crippen molar-refractivity contribution < 1.29 is 19.5 Å². The van der Waals surface area contributed by atoms with Crippen molar-refractivity contribution in [3.8, 4) is 0 Å². The average molecular weight is 333 g/mol. The Morgan fingerprint density at radius 3 is 2.21 bits per heavy atom. The van der Waals surface area contributed by atoms with E-state index in [-0.39, 0.29) is 18.9 Å². The summed E-state index contributed by atoms with van der Waals surface area (Å²) in [7, 11) is 0. The average Bonchev–Trinajstić information content (AvgIpc) is 2.84. The summed E-state index contributed by atoms with van der Waals surface area (Å²) in [6.45, 7) is 1.66. The minimum Gasteiger partial charge on any atom is -0.481 e. The molecule has 3 amide bonds. The molecule has 1 aromatic carbocycles. The summed E-state index contributed by atoms with van der Waals surface area (Å²) in [4.78, 5) is 36.3. The van der Waals surface area contributed by atoms with Crippen LogP contribution < -0.4 is 10.6 Å². The van der Waals surface area contributed by atoms with Crippen LogP contribution in [0.4, 0.5) is 10.5 Å². The van der Waals surface area contributed by atoms with Crippen molar-refractivity contribution in [3.05, 3.63) is 29.8 Å². The van der Waals surface area contributed by atoms with Gasteiger partial charge < -0.3 is 20.6 Å². The molecule has 0 atom stereocenters. The normalized spacial score (nSPS) is 14.6. The summed E-state index contributed by atoms with van der Waals surface area (Å²) in [5.74, 6) is -0.943. The number of rotatable bonds is 5. The fourth-order valence-electron chi connectivity index (χ4n) is 2.61. The largest absolute Gasteiger partial charge is 0.481 e. The molecule has 1 aromatic rings. The van der Waals surface area contributed by atoms with Crippen LogP contribution in [0.1, 0.15) is 42.5 Å². The first-order valence-corrected chi connectivity index (χ1v) is 8.22. The van der Waals surface area contributed by atoms with E-state index in [9.17, 15) is 14.4 Å². The molecule has 0 saturated carbocycles. The molecule has 1 aliphatic heterocycles. The first-order chi connectivity index (χ1) is 11.6. The number of carbonyl (C=O) groups excluding carboxylic acids is 2. The van der Waals surface area contributed by atoms with Crippen LogP contribution in [0, 0.1) is 0 Å². The van der Waals surface area contributed by atoms with Crippen LogP contribution in [0.3, 0.4) is 0 Å². The van der Waals surface area contributed by atoms with Gasteiger partial charge in [-0.25, -0.2) is 4.79 Å². The van der Waals surface area contributed by atoms with Gasteiger partial charge in [-0.05, 0) is 37.1 Å². The van der Waals surface area contributed by atoms with Crippen LogP contribution in [0.25, 0.3) is 0 Å². The summed E-state index contributed by atoms with van der Waals surface area (Å²) in [6.07, 6.45) is 4.30. The Balaban J connectivity index is 1.86. The molecule has 24 heavy (non-hydrogen) atoms. The fraction of sp³-hybridized carbons (Fsp3) is 0.471. The molecule has 0 aliphatic carbocycles. The van der Waals surface area contributed by atoms with Crippen LogP contribution in [0.15, 0.2) is 24.3 Å². The number of likely N-dealkylation sites (tertiary alicyclic amines) is 1. The lowest BCUT2D eigenvalue weighted by molar-refractivity contribution is -0.136. The SMILES string of the molecule is O=C(O)CCNC(=O)Nc1ccc(C(=O)N2CCCCCC2)cc1. The third kappa shape index (κ3) is 5.57. The van der Waals surface area contributed by atoms with E-state index < -0.39 is 12.0 Å². The molecule has 0 bridgehead atoms. The van der Waals surface area contributed by atoms with Gasteiger partial charge in [0.05, 0.1) is 6.42 Å². The van der Waals surface area contributed by atoms with Gasteiger partial charge >= 0.3 is 12.0 Å². The molecule has 0 radical (unpaired) electrons.